The second kappa shape index (κ2) is 7.38. The van der Waals surface area contributed by atoms with E-state index in [-0.39, 0.29) is 11.8 Å². The van der Waals surface area contributed by atoms with E-state index >= 15 is 0 Å². The molecule has 28 heavy (non-hydrogen) atoms. The minimum atomic E-state index is -3.58. The Balaban J connectivity index is 2.24. The second-order valence-electron chi connectivity index (χ2n) is 6.25. The predicted octanol–water partition coefficient (Wildman–Crippen LogP) is 2.04. The molecule has 1 aromatic heterocycles. The van der Waals surface area contributed by atoms with E-state index in [1.165, 1.54) is 36.7 Å². The number of hydrogen-bond donors (Lipinski definition) is 0. The number of hydrogen-bond acceptors (Lipinski definition) is 8. The van der Waals surface area contributed by atoms with Crippen LogP contribution in [0.4, 0.5) is 4.39 Å². The molecule has 0 aliphatic carbocycles. The fourth-order valence-corrected chi connectivity index (χ4v) is 3.29. The largest absolute Gasteiger partial charge is 0.300 e. The van der Waals surface area contributed by atoms with Gasteiger partial charge in [-0.2, -0.15) is 0 Å². The van der Waals surface area contributed by atoms with Crippen LogP contribution in [-0.2, 0) is 24.3 Å². The first-order valence-corrected chi connectivity index (χ1v) is 10.2. The molecule has 0 saturated heterocycles. The van der Waals surface area contributed by atoms with Crippen LogP contribution in [0.1, 0.15) is 25.0 Å². The number of halogens is 1. The standard InChI is InChI=1S/C18H18FN3O5S/c1-4-26-22-16(13-9-20-17(21-10-13)28(3,24)25)15(18(2,11-23)27-22)12-5-7-14(19)8-6-12/h5-11H,4H2,1-3H3. The molecule has 0 radical (unpaired) electrons. The molecule has 0 fully saturated rings. The highest BCUT2D eigenvalue weighted by molar-refractivity contribution is 7.90. The summed E-state index contributed by atoms with van der Waals surface area (Å²) in [5.41, 5.74) is 0.207. The monoisotopic (exact) mass is 407 g/mol. The van der Waals surface area contributed by atoms with E-state index in [0.29, 0.717) is 28.7 Å². The van der Waals surface area contributed by atoms with Crippen LogP contribution in [0, 0.1) is 5.82 Å². The fourth-order valence-electron chi connectivity index (χ4n) is 2.80. The topological polar surface area (TPSA) is 98.7 Å². The Morgan fingerprint density at radius 3 is 2.32 bits per heavy atom. The maximum atomic E-state index is 13.4. The lowest BCUT2D eigenvalue weighted by Gasteiger charge is -2.22. The number of aldehydes is 1. The van der Waals surface area contributed by atoms with Crippen LogP contribution in [0.3, 0.4) is 0 Å². The van der Waals surface area contributed by atoms with Gasteiger partial charge >= 0.3 is 0 Å². The number of benzene rings is 1. The summed E-state index contributed by atoms with van der Waals surface area (Å²) in [6.45, 7) is 3.51. The molecule has 1 aromatic carbocycles. The summed E-state index contributed by atoms with van der Waals surface area (Å²) in [7, 11) is -3.58. The first-order chi connectivity index (χ1) is 13.2. The van der Waals surface area contributed by atoms with Gasteiger partial charge in [-0.05, 0) is 31.5 Å². The summed E-state index contributed by atoms with van der Waals surface area (Å²) >= 11 is 0. The van der Waals surface area contributed by atoms with E-state index in [0.717, 1.165) is 11.5 Å². The van der Waals surface area contributed by atoms with E-state index < -0.39 is 21.3 Å². The highest BCUT2D eigenvalue weighted by atomic mass is 32.2. The van der Waals surface area contributed by atoms with E-state index in [4.69, 9.17) is 9.68 Å². The molecule has 0 amide bonds. The third-order valence-corrected chi connectivity index (χ3v) is 4.90. The molecule has 0 saturated carbocycles. The Kier molecular flexibility index (Phi) is 5.28. The lowest BCUT2D eigenvalue weighted by atomic mass is 9.88. The summed E-state index contributed by atoms with van der Waals surface area (Å²) < 4.78 is 36.6. The maximum absolute atomic E-state index is 13.4. The summed E-state index contributed by atoms with van der Waals surface area (Å²) in [6.07, 6.45) is 4.21. The summed E-state index contributed by atoms with van der Waals surface area (Å²) in [6, 6.07) is 5.55. The zero-order chi connectivity index (χ0) is 20.5. The smallest absolute Gasteiger partial charge is 0.246 e. The third-order valence-electron chi connectivity index (χ3n) is 4.03. The lowest BCUT2D eigenvalue weighted by Crippen LogP contribution is -2.32. The molecular formula is C18H18FN3O5S. The van der Waals surface area contributed by atoms with Crippen LogP contribution in [0.2, 0.25) is 0 Å². The zero-order valence-electron chi connectivity index (χ0n) is 15.4. The van der Waals surface area contributed by atoms with Crippen molar-refractivity contribution in [3.05, 3.63) is 53.6 Å². The van der Waals surface area contributed by atoms with Gasteiger partial charge in [0.15, 0.2) is 11.9 Å². The number of hydroxylamine groups is 2. The number of nitrogens with zero attached hydrogens (tertiary/aromatic N) is 3. The number of carbonyl (C=O) groups is 1. The van der Waals surface area contributed by atoms with Crippen LogP contribution in [0.25, 0.3) is 11.3 Å². The van der Waals surface area contributed by atoms with Gasteiger partial charge in [0.25, 0.3) is 0 Å². The van der Waals surface area contributed by atoms with Gasteiger partial charge in [0.2, 0.25) is 15.0 Å². The molecule has 148 valence electrons. The summed E-state index contributed by atoms with van der Waals surface area (Å²) in [5.74, 6) is -0.430. The predicted molar refractivity (Wildman–Crippen MR) is 97.4 cm³/mol. The average molecular weight is 407 g/mol. The minimum absolute atomic E-state index is 0.234. The van der Waals surface area contributed by atoms with Gasteiger partial charge < -0.3 is 0 Å². The van der Waals surface area contributed by atoms with E-state index in [2.05, 4.69) is 9.97 Å². The van der Waals surface area contributed by atoms with Gasteiger partial charge in [0, 0.05) is 29.8 Å². The van der Waals surface area contributed by atoms with Crippen LogP contribution in [0.5, 0.6) is 0 Å². The Morgan fingerprint density at radius 2 is 1.82 bits per heavy atom. The number of aromatic nitrogens is 2. The highest BCUT2D eigenvalue weighted by Crippen LogP contribution is 2.44. The molecule has 1 aliphatic rings. The van der Waals surface area contributed by atoms with Crippen molar-refractivity contribution in [3.8, 4) is 0 Å². The summed E-state index contributed by atoms with van der Waals surface area (Å²) in [5, 5.41) is 0.742. The molecule has 1 aliphatic heterocycles. The molecule has 1 atom stereocenters. The third kappa shape index (κ3) is 3.66. The van der Waals surface area contributed by atoms with Crippen molar-refractivity contribution in [1.82, 2.24) is 15.2 Å². The molecule has 1 unspecified atom stereocenters. The minimum Gasteiger partial charge on any atom is -0.300 e. The molecule has 0 bridgehead atoms. The normalized spacial score (nSPS) is 19.9. The van der Waals surface area contributed by atoms with Crippen LogP contribution in [0.15, 0.2) is 41.8 Å². The van der Waals surface area contributed by atoms with Gasteiger partial charge in [0.1, 0.15) is 11.5 Å². The van der Waals surface area contributed by atoms with E-state index in [1.54, 1.807) is 13.8 Å². The van der Waals surface area contributed by atoms with Crippen molar-refractivity contribution < 1.29 is 27.3 Å². The van der Waals surface area contributed by atoms with Crippen molar-refractivity contribution in [2.75, 3.05) is 12.9 Å². The number of carbonyl (C=O) groups excluding carboxylic acids is 1. The Bertz CT molecular complexity index is 1020. The Morgan fingerprint density at radius 1 is 1.21 bits per heavy atom. The zero-order valence-corrected chi connectivity index (χ0v) is 16.2. The van der Waals surface area contributed by atoms with Crippen LogP contribution >= 0.6 is 0 Å². The molecule has 0 N–H and O–H groups in total. The fraction of sp³-hybridized carbons (Fsp3) is 0.278. The van der Waals surface area contributed by atoms with Gasteiger partial charge in [-0.1, -0.05) is 12.1 Å². The molecular weight excluding hydrogens is 389 g/mol. The van der Waals surface area contributed by atoms with Crippen LogP contribution in [-0.4, -0.2) is 48.4 Å². The molecule has 2 aromatic rings. The van der Waals surface area contributed by atoms with Crippen molar-refractivity contribution in [2.24, 2.45) is 0 Å². The first-order valence-electron chi connectivity index (χ1n) is 8.31. The van der Waals surface area contributed by atoms with E-state index in [1.807, 2.05) is 0 Å². The van der Waals surface area contributed by atoms with Gasteiger partial charge in [-0.15, -0.1) is 5.23 Å². The molecule has 2 heterocycles. The van der Waals surface area contributed by atoms with Gasteiger partial charge in [-0.3, -0.25) is 4.79 Å². The van der Waals surface area contributed by atoms with Crippen molar-refractivity contribution >= 4 is 27.4 Å². The van der Waals surface area contributed by atoms with Gasteiger partial charge in [-0.25, -0.2) is 32.5 Å². The molecule has 8 nitrogen and oxygen atoms in total. The molecule has 10 heteroatoms. The van der Waals surface area contributed by atoms with E-state index in [9.17, 15) is 17.6 Å². The Hall–Kier alpha value is -2.69. The maximum Gasteiger partial charge on any atom is 0.246 e. The molecule has 0 spiro atoms. The average Bonchev–Trinajstić information content (AvgIpc) is 2.95. The van der Waals surface area contributed by atoms with Crippen LogP contribution < -0.4 is 0 Å². The quantitative estimate of drug-likeness (QED) is 0.530. The lowest BCUT2D eigenvalue weighted by molar-refractivity contribution is -0.336. The number of sulfone groups is 1. The second-order valence-corrected chi connectivity index (χ2v) is 8.16. The SMILES string of the molecule is CCON1OC(C)(C=O)C(c2ccc(F)cc2)=C1c1cnc(S(C)(=O)=O)nc1. The summed E-state index contributed by atoms with van der Waals surface area (Å²) in [4.78, 5) is 30.8. The van der Waals surface area contributed by atoms with Crippen molar-refractivity contribution in [2.45, 2.75) is 24.6 Å². The molecule has 3 rings (SSSR count). The van der Waals surface area contributed by atoms with Gasteiger partial charge in [0.05, 0.1) is 6.61 Å². The number of rotatable bonds is 6. The van der Waals surface area contributed by atoms with Crippen molar-refractivity contribution in [1.29, 1.82) is 0 Å². The Labute approximate surface area is 161 Å². The first kappa shape index (κ1) is 20.1. The highest BCUT2D eigenvalue weighted by Gasteiger charge is 2.45. The van der Waals surface area contributed by atoms with Crippen molar-refractivity contribution in [3.63, 3.8) is 0 Å².